The largest absolute Gasteiger partial charge is 0.352 e. The van der Waals surface area contributed by atoms with E-state index in [1.807, 2.05) is 12.1 Å². The Kier molecular flexibility index (Phi) is 2.83. The second kappa shape index (κ2) is 4.14. The van der Waals surface area contributed by atoms with Gasteiger partial charge in [0.25, 0.3) is 0 Å². The van der Waals surface area contributed by atoms with E-state index in [9.17, 15) is 4.79 Å². The Morgan fingerprint density at radius 2 is 2.00 bits per heavy atom. The molecule has 0 bridgehead atoms. The van der Waals surface area contributed by atoms with Crippen LogP contribution in [0.4, 0.5) is 0 Å². The number of hydrogen-bond donors (Lipinski definition) is 1. The predicted octanol–water partition coefficient (Wildman–Crippen LogP) is 3.48. The van der Waals surface area contributed by atoms with Gasteiger partial charge in [-0.15, -0.1) is 0 Å². The molecule has 0 unspecified atom stereocenters. The number of rotatable bonds is 0. The van der Waals surface area contributed by atoms with Gasteiger partial charge in [0.2, 0.25) is 5.91 Å². The van der Waals surface area contributed by atoms with Crippen molar-refractivity contribution in [1.82, 2.24) is 5.32 Å². The molecule has 0 saturated carbocycles. The summed E-state index contributed by atoms with van der Waals surface area (Å²) in [5.41, 5.74) is 2.53. The molecule has 2 aliphatic rings. The molecule has 1 N–H and O–H groups in total. The number of benzene rings is 1. The van der Waals surface area contributed by atoms with Crippen molar-refractivity contribution in [1.29, 1.82) is 0 Å². The van der Waals surface area contributed by atoms with E-state index in [0.29, 0.717) is 16.5 Å². The van der Waals surface area contributed by atoms with E-state index in [-0.39, 0.29) is 17.4 Å². The van der Waals surface area contributed by atoms with Crippen LogP contribution >= 0.6 is 23.2 Å². The fraction of sp³-hybridized carbons (Fsp3) is 0.500. The summed E-state index contributed by atoms with van der Waals surface area (Å²) in [4.78, 5) is 11.5. The topological polar surface area (TPSA) is 29.1 Å². The highest BCUT2D eigenvalue weighted by atomic mass is 35.5. The molecule has 1 aliphatic heterocycles. The van der Waals surface area contributed by atoms with Gasteiger partial charge in [-0.25, -0.2) is 0 Å². The standard InChI is InChI=1S/C14H15Cl2NO/c1-14-5-4-13(18)17-12(14)3-2-8-6-10(15)11(16)7-9(8)14/h6-7,12H,2-5H2,1H3,(H,17,18)/t12-,14+/m1/s1. The highest BCUT2D eigenvalue weighted by Gasteiger charge is 2.44. The number of halogens is 2. The zero-order valence-corrected chi connectivity index (χ0v) is 11.7. The van der Waals surface area contributed by atoms with Gasteiger partial charge < -0.3 is 5.32 Å². The molecule has 1 amide bonds. The van der Waals surface area contributed by atoms with Crippen molar-refractivity contribution in [3.05, 3.63) is 33.3 Å². The molecule has 2 nitrogen and oxygen atoms in total. The molecule has 1 heterocycles. The molecule has 1 aliphatic carbocycles. The van der Waals surface area contributed by atoms with Gasteiger partial charge in [-0.3, -0.25) is 4.79 Å². The van der Waals surface area contributed by atoms with Crippen LogP contribution in [0.15, 0.2) is 12.1 Å². The molecular formula is C14H15Cl2NO. The van der Waals surface area contributed by atoms with Crippen LogP contribution in [0.3, 0.4) is 0 Å². The maximum absolute atomic E-state index is 11.5. The number of nitrogens with one attached hydrogen (secondary N) is 1. The first-order valence-electron chi connectivity index (χ1n) is 6.28. The van der Waals surface area contributed by atoms with Crippen LogP contribution in [0.1, 0.15) is 37.3 Å². The van der Waals surface area contributed by atoms with Crippen molar-refractivity contribution in [3.63, 3.8) is 0 Å². The van der Waals surface area contributed by atoms with Gasteiger partial charge in [0.15, 0.2) is 0 Å². The minimum absolute atomic E-state index is 0.00424. The lowest BCUT2D eigenvalue weighted by molar-refractivity contribution is -0.125. The van der Waals surface area contributed by atoms with Crippen molar-refractivity contribution < 1.29 is 4.79 Å². The number of piperidine rings is 1. The van der Waals surface area contributed by atoms with E-state index in [1.54, 1.807) is 0 Å². The predicted molar refractivity (Wildman–Crippen MR) is 73.3 cm³/mol. The van der Waals surface area contributed by atoms with Crippen LogP contribution in [0, 0.1) is 0 Å². The summed E-state index contributed by atoms with van der Waals surface area (Å²) < 4.78 is 0. The molecule has 1 fully saturated rings. The van der Waals surface area contributed by atoms with Gasteiger partial charge >= 0.3 is 0 Å². The molecule has 1 aromatic rings. The molecule has 3 rings (SSSR count). The number of aryl methyl sites for hydroxylation is 1. The third-order valence-electron chi connectivity index (χ3n) is 4.44. The summed E-state index contributed by atoms with van der Waals surface area (Å²) >= 11 is 12.2. The number of fused-ring (bicyclic) bond motifs is 3. The van der Waals surface area contributed by atoms with Gasteiger partial charge in [-0.1, -0.05) is 30.1 Å². The zero-order valence-electron chi connectivity index (χ0n) is 10.2. The monoisotopic (exact) mass is 283 g/mol. The van der Waals surface area contributed by atoms with Gasteiger partial charge in [0, 0.05) is 17.9 Å². The highest BCUT2D eigenvalue weighted by Crippen LogP contribution is 2.44. The molecule has 1 saturated heterocycles. The minimum Gasteiger partial charge on any atom is -0.352 e. The summed E-state index contributed by atoms with van der Waals surface area (Å²) in [6.07, 6.45) is 3.40. The van der Waals surface area contributed by atoms with Crippen LogP contribution in [0.2, 0.25) is 10.0 Å². The molecular weight excluding hydrogens is 269 g/mol. The number of amides is 1. The maximum Gasteiger partial charge on any atom is 0.220 e. The molecule has 1 aromatic carbocycles. The number of carbonyl (C=O) groups is 1. The Morgan fingerprint density at radius 1 is 1.28 bits per heavy atom. The van der Waals surface area contributed by atoms with Crippen molar-refractivity contribution in [2.45, 2.75) is 44.1 Å². The summed E-state index contributed by atoms with van der Waals surface area (Å²) in [7, 11) is 0. The van der Waals surface area contributed by atoms with Crippen LogP contribution in [-0.2, 0) is 16.6 Å². The van der Waals surface area contributed by atoms with E-state index in [0.717, 1.165) is 19.3 Å². The Balaban J connectivity index is 2.10. The second-order valence-electron chi connectivity index (χ2n) is 5.50. The normalized spacial score (nSPS) is 30.4. The van der Waals surface area contributed by atoms with Crippen LogP contribution in [0.25, 0.3) is 0 Å². The highest BCUT2D eigenvalue weighted by molar-refractivity contribution is 6.42. The summed E-state index contributed by atoms with van der Waals surface area (Å²) in [6.45, 7) is 2.22. The Morgan fingerprint density at radius 3 is 2.78 bits per heavy atom. The minimum atomic E-state index is -0.00424. The van der Waals surface area contributed by atoms with Crippen molar-refractivity contribution in [2.24, 2.45) is 0 Å². The van der Waals surface area contributed by atoms with E-state index in [4.69, 9.17) is 23.2 Å². The van der Waals surface area contributed by atoms with Crippen LogP contribution < -0.4 is 5.32 Å². The first-order chi connectivity index (χ1) is 8.50. The lowest BCUT2D eigenvalue weighted by atomic mass is 9.64. The average molecular weight is 284 g/mol. The van der Waals surface area contributed by atoms with Gasteiger partial charge in [0.05, 0.1) is 10.0 Å². The summed E-state index contributed by atoms with van der Waals surface area (Å²) in [5, 5.41) is 4.35. The van der Waals surface area contributed by atoms with Gasteiger partial charge in [-0.05, 0) is 42.5 Å². The third-order valence-corrected chi connectivity index (χ3v) is 5.16. The van der Waals surface area contributed by atoms with Gasteiger partial charge in [-0.2, -0.15) is 0 Å². The maximum atomic E-state index is 11.5. The third kappa shape index (κ3) is 1.74. The quantitative estimate of drug-likeness (QED) is 0.776. The molecule has 2 atom stereocenters. The number of carbonyl (C=O) groups excluding carboxylic acids is 1. The van der Waals surface area contributed by atoms with E-state index in [1.165, 1.54) is 11.1 Å². The summed E-state index contributed by atoms with van der Waals surface area (Å²) in [5.74, 6) is 0.168. The average Bonchev–Trinajstić information content (AvgIpc) is 2.33. The fourth-order valence-corrected chi connectivity index (χ4v) is 3.66. The van der Waals surface area contributed by atoms with E-state index >= 15 is 0 Å². The summed E-state index contributed by atoms with van der Waals surface area (Å²) in [6, 6.07) is 4.20. The van der Waals surface area contributed by atoms with Gasteiger partial charge in [0.1, 0.15) is 0 Å². The molecule has 0 radical (unpaired) electrons. The lowest BCUT2D eigenvalue weighted by Gasteiger charge is -2.46. The Labute approximate surface area is 117 Å². The fourth-order valence-electron chi connectivity index (χ4n) is 3.31. The first kappa shape index (κ1) is 12.3. The molecule has 4 heteroatoms. The number of hydrogen-bond acceptors (Lipinski definition) is 1. The van der Waals surface area contributed by atoms with Crippen LogP contribution in [-0.4, -0.2) is 11.9 Å². The van der Waals surface area contributed by atoms with E-state index in [2.05, 4.69) is 12.2 Å². The SMILES string of the molecule is C[C@@]12CCC(=O)N[C@@H]1CCc1cc(Cl)c(Cl)cc12. The molecule has 18 heavy (non-hydrogen) atoms. The lowest BCUT2D eigenvalue weighted by Crippen LogP contribution is -2.55. The van der Waals surface area contributed by atoms with Crippen molar-refractivity contribution in [2.75, 3.05) is 0 Å². The van der Waals surface area contributed by atoms with Crippen molar-refractivity contribution >= 4 is 29.1 Å². The Hall–Kier alpha value is -0.730. The van der Waals surface area contributed by atoms with E-state index < -0.39 is 0 Å². The first-order valence-corrected chi connectivity index (χ1v) is 7.04. The molecule has 0 aromatic heterocycles. The smallest absolute Gasteiger partial charge is 0.220 e. The van der Waals surface area contributed by atoms with Crippen LogP contribution in [0.5, 0.6) is 0 Å². The second-order valence-corrected chi connectivity index (χ2v) is 6.31. The van der Waals surface area contributed by atoms with Crippen molar-refractivity contribution in [3.8, 4) is 0 Å². The zero-order chi connectivity index (χ0) is 12.9. The Bertz CT molecular complexity index is 529. The molecule has 96 valence electrons. The molecule has 0 spiro atoms.